The zero-order chi connectivity index (χ0) is 9.64. The lowest BCUT2D eigenvalue weighted by Crippen LogP contribution is -2.17. The number of thiazole rings is 1. The number of hydrogen-bond donors (Lipinski definition) is 0. The second kappa shape index (κ2) is 3.04. The molecule has 0 aromatic carbocycles. The van der Waals surface area contributed by atoms with E-state index in [0.717, 1.165) is 22.3 Å². The molecule has 0 N–H and O–H groups in total. The van der Waals surface area contributed by atoms with E-state index in [1.807, 2.05) is 0 Å². The third-order valence-corrected chi connectivity index (χ3v) is 4.25. The van der Waals surface area contributed by atoms with Crippen LogP contribution in [0.2, 0.25) is 4.47 Å². The van der Waals surface area contributed by atoms with Crippen molar-refractivity contribution in [2.45, 2.75) is 25.2 Å². The molecule has 0 radical (unpaired) electrons. The quantitative estimate of drug-likeness (QED) is 0.833. The van der Waals surface area contributed by atoms with Gasteiger partial charge in [0.1, 0.15) is 5.78 Å². The number of carbonyl (C=O) groups excluding carboxylic acids is 1. The van der Waals surface area contributed by atoms with Crippen molar-refractivity contribution in [1.82, 2.24) is 4.98 Å². The van der Waals surface area contributed by atoms with Crippen molar-refractivity contribution in [3.63, 3.8) is 0 Å². The Kier molecular flexibility index (Phi) is 2.25. The smallest absolute Gasteiger partial charge is 0.184 e. The zero-order valence-corrected chi connectivity index (χ0v) is 10.1. The number of Topliss-reactive ketones (excluding diaryl/α,β-unsaturated/α-hetero) is 1. The summed E-state index contributed by atoms with van der Waals surface area (Å²) in [4.78, 5) is 15.6. The summed E-state index contributed by atoms with van der Waals surface area (Å²) in [5.41, 5.74) is 0.512. The Bertz CT molecular complexity index is 372. The zero-order valence-electron chi connectivity index (χ0n) is 6.93. The van der Waals surface area contributed by atoms with Crippen molar-refractivity contribution < 1.29 is 4.79 Å². The molecule has 2 rings (SSSR count). The van der Waals surface area contributed by atoms with Crippen LogP contribution >= 0.6 is 38.9 Å². The Morgan fingerprint density at radius 1 is 1.69 bits per heavy atom. The third-order valence-electron chi connectivity index (χ3n) is 2.44. The molecule has 1 heterocycles. The number of rotatable bonds is 2. The Morgan fingerprint density at radius 2 is 2.31 bits per heavy atom. The fourth-order valence-electron chi connectivity index (χ4n) is 1.45. The van der Waals surface area contributed by atoms with Crippen molar-refractivity contribution in [1.29, 1.82) is 0 Å². The Balaban J connectivity index is 2.46. The van der Waals surface area contributed by atoms with E-state index in [1.165, 1.54) is 11.3 Å². The summed E-state index contributed by atoms with van der Waals surface area (Å²) in [7, 11) is 0. The summed E-state index contributed by atoms with van der Waals surface area (Å²) in [5, 5.41) is 0. The first-order chi connectivity index (χ1) is 6.06. The standard InChI is InChI=1S/C8H7BrClNOS/c1-4(12)8(2-3-8)5-6(9)13-7(10)11-5/h2-3H2,1H3. The normalized spacial score (nSPS) is 18.7. The summed E-state index contributed by atoms with van der Waals surface area (Å²) < 4.78 is 1.39. The summed E-state index contributed by atoms with van der Waals surface area (Å²) in [6, 6.07) is 0. The molecule has 1 fully saturated rings. The maximum absolute atomic E-state index is 11.4. The SMILES string of the molecule is CC(=O)C1(c2nc(Cl)sc2Br)CC1. The molecule has 0 unspecified atom stereocenters. The molecule has 0 spiro atoms. The van der Waals surface area contributed by atoms with E-state index in [1.54, 1.807) is 6.92 Å². The minimum atomic E-state index is -0.317. The van der Waals surface area contributed by atoms with Crippen LogP contribution in [0.25, 0.3) is 0 Å². The number of halogens is 2. The predicted octanol–water partition coefficient (Wildman–Crippen LogP) is 3.18. The van der Waals surface area contributed by atoms with Gasteiger partial charge in [-0.25, -0.2) is 4.98 Å². The van der Waals surface area contributed by atoms with E-state index in [4.69, 9.17) is 11.6 Å². The van der Waals surface area contributed by atoms with Gasteiger partial charge < -0.3 is 0 Å². The van der Waals surface area contributed by atoms with E-state index in [0.29, 0.717) is 4.47 Å². The van der Waals surface area contributed by atoms with Crippen LogP contribution in [-0.2, 0) is 10.2 Å². The first-order valence-corrected chi connectivity index (χ1v) is 5.88. The third kappa shape index (κ3) is 1.45. The van der Waals surface area contributed by atoms with Crippen molar-refractivity contribution in [2.75, 3.05) is 0 Å². The molecule has 1 aliphatic rings. The molecule has 0 bridgehead atoms. The van der Waals surface area contributed by atoms with Gasteiger partial charge in [-0.1, -0.05) is 22.9 Å². The lowest BCUT2D eigenvalue weighted by atomic mass is 9.99. The van der Waals surface area contributed by atoms with Crippen molar-refractivity contribution in [3.8, 4) is 0 Å². The van der Waals surface area contributed by atoms with Gasteiger partial charge in [-0.3, -0.25) is 4.79 Å². The first-order valence-electron chi connectivity index (χ1n) is 3.89. The van der Waals surface area contributed by atoms with Crippen LogP contribution in [0.15, 0.2) is 3.79 Å². The molecule has 1 aliphatic carbocycles. The lowest BCUT2D eigenvalue weighted by Gasteiger charge is -2.07. The highest BCUT2D eigenvalue weighted by molar-refractivity contribution is 9.11. The number of ketones is 1. The summed E-state index contributed by atoms with van der Waals surface area (Å²) in [6.45, 7) is 1.62. The molecule has 1 aromatic heterocycles. The Labute approximate surface area is 93.4 Å². The second-order valence-corrected chi connectivity index (χ2v) is 6.13. The summed E-state index contributed by atoms with van der Waals surface area (Å²) in [6.07, 6.45) is 1.81. The van der Waals surface area contributed by atoms with Gasteiger partial charge in [0.05, 0.1) is 14.9 Å². The van der Waals surface area contributed by atoms with Gasteiger partial charge in [-0.15, -0.1) is 0 Å². The molecule has 0 aliphatic heterocycles. The fourth-order valence-corrected chi connectivity index (χ4v) is 3.60. The van der Waals surface area contributed by atoms with Crippen molar-refractivity contribution in [2.24, 2.45) is 0 Å². The van der Waals surface area contributed by atoms with E-state index in [9.17, 15) is 4.79 Å². The molecule has 1 aromatic rings. The topological polar surface area (TPSA) is 30.0 Å². The average molecular weight is 281 g/mol. The van der Waals surface area contributed by atoms with E-state index < -0.39 is 0 Å². The molecule has 0 saturated heterocycles. The monoisotopic (exact) mass is 279 g/mol. The number of carbonyl (C=O) groups is 1. The lowest BCUT2D eigenvalue weighted by molar-refractivity contribution is -0.119. The molecule has 5 heteroatoms. The van der Waals surface area contributed by atoms with Gasteiger partial charge in [0.25, 0.3) is 0 Å². The molecular formula is C8H7BrClNOS. The highest BCUT2D eigenvalue weighted by Gasteiger charge is 2.51. The van der Waals surface area contributed by atoms with Gasteiger partial charge in [0, 0.05) is 0 Å². The molecule has 0 amide bonds. The summed E-state index contributed by atoms with van der Waals surface area (Å²) >= 11 is 10.5. The minimum Gasteiger partial charge on any atom is -0.299 e. The van der Waals surface area contributed by atoms with Crippen LogP contribution in [0.1, 0.15) is 25.5 Å². The van der Waals surface area contributed by atoms with Gasteiger partial charge >= 0.3 is 0 Å². The van der Waals surface area contributed by atoms with Crippen LogP contribution in [0.4, 0.5) is 0 Å². The number of aromatic nitrogens is 1. The molecule has 70 valence electrons. The van der Waals surface area contributed by atoms with Gasteiger partial charge in [-0.2, -0.15) is 0 Å². The Hall–Kier alpha value is 0.0700. The van der Waals surface area contributed by atoms with Crippen LogP contribution in [-0.4, -0.2) is 10.8 Å². The van der Waals surface area contributed by atoms with Gasteiger partial charge in [-0.05, 0) is 35.7 Å². The fraction of sp³-hybridized carbons (Fsp3) is 0.500. The second-order valence-electron chi connectivity index (χ2n) is 3.23. The summed E-state index contributed by atoms with van der Waals surface area (Å²) in [5.74, 6) is 0.190. The molecular weight excluding hydrogens is 274 g/mol. The number of nitrogens with zero attached hydrogens (tertiary/aromatic N) is 1. The molecule has 0 atom stereocenters. The van der Waals surface area contributed by atoms with E-state index >= 15 is 0 Å². The van der Waals surface area contributed by atoms with E-state index in [-0.39, 0.29) is 11.2 Å². The minimum absolute atomic E-state index is 0.190. The highest BCUT2D eigenvalue weighted by Crippen LogP contribution is 2.52. The average Bonchev–Trinajstić information content (AvgIpc) is 2.75. The Morgan fingerprint density at radius 3 is 2.62 bits per heavy atom. The van der Waals surface area contributed by atoms with Crippen LogP contribution in [0.5, 0.6) is 0 Å². The maximum atomic E-state index is 11.4. The van der Waals surface area contributed by atoms with Crippen LogP contribution in [0, 0.1) is 0 Å². The van der Waals surface area contributed by atoms with Crippen LogP contribution < -0.4 is 0 Å². The predicted molar refractivity (Wildman–Crippen MR) is 56.4 cm³/mol. The molecule has 13 heavy (non-hydrogen) atoms. The van der Waals surface area contributed by atoms with Gasteiger partial charge in [0.2, 0.25) is 0 Å². The number of hydrogen-bond acceptors (Lipinski definition) is 3. The van der Waals surface area contributed by atoms with E-state index in [2.05, 4.69) is 20.9 Å². The largest absolute Gasteiger partial charge is 0.299 e. The molecule has 1 saturated carbocycles. The van der Waals surface area contributed by atoms with Gasteiger partial charge in [0.15, 0.2) is 4.47 Å². The van der Waals surface area contributed by atoms with Crippen molar-refractivity contribution in [3.05, 3.63) is 13.9 Å². The maximum Gasteiger partial charge on any atom is 0.184 e. The first kappa shape index (κ1) is 9.62. The highest BCUT2D eigenvalue weighted by atomic mass is 79.9. The van der Waals surface area contributed by atoms with Crippen LogP contribution in [0.3, 0.4) is 0 Å². The van der Waals surface area contributed by atoms with Crippen molar-refractivity contribution >= 4 is 44.7 Å². The molecule has 2 nitrogen and oxygen atoms in total.